The third kappa shape index (κ3) is 5.42. The fourth-order valence-electron chi connectivity index (χ4n) is 2.29. The number of hydrogen-bond acceptors (Lipinski definition) is 3. The predicted octanol–water partition coefficient (Wildman–Crippen LogP) is 5.30. The van der Waals surface area contributed by atoms with Crippen LogP contribution in [0.1, 0.15) is 17.0 Å². The second kappa shape index (κ2) is 8.37. The Morgan fingerprint density at radius 1 is 1.19 bits per heavy atom. The number of ether oxygens (including phenoxy) is 1. The van der Waals surface area contributed by atoms with E-state index in [1.807, 2.05) is 6.07 Å². The van der Waals surface area contributed by atoms with E-state index in [-0.39, 0.29) is 15.6 Å². The van der Waals surface area contributed by atoms with Crippen molar-refractivity contribution in [2.45, 2.75) is 12.3 Å². The molecule has 0 aliphatic heterocycles. The Bertz CT molecular complexity index is 857. The zero-order valence-corrected chi connectivity index (χ0v) is 15.2. The number of alkyl halides is 3. The van der Waals surface area contributed by atoms with E-state index in [9.17, 15) is 23.2 Å². The van der Waals surface area contributed by atoms with Gasteiger partial charge in [0.25, 0.3) is 0 Å². The summed E-state index contributed by atoms with van der Waals surface area (Å²) < 4.78 is 40.5. The zero-order valence-electron chi connectivity index (χ0n) is 13.7. The first kappa shape index (κ1) is 20.7. The smallest absolute Gasteiger partial charge is 0.406 e. The molecule has 2 amide bonds. The summed E-state index contributed by atoms with van der Waals surface area (Å²) in [6.07, 6.45) is -4.81. The van der Waals surface area contributed by atoms with Gasteiger partial charge in [-0.25, -0.2) is 4.79 Å². The largest absolute Gasteiger partial charge is 0.573 e. The predicted molar refractivity (Wildman–Crippen MR) is 95.1 cm³/mol. The highest BCUT2D eigenvalue weighted by Crippen LogP contribution is 2.38. The zero-order chi connectivity index (χ0) is 20.2. The molecule has 2 aromatic carbocycles. The fraction of sp³-hybridized carbons (Fsp3) is 0.176. The summed E-state index contributed by atoms with van der Waals surface area (Å²) >= 11 is 12.4. The molecule has 1 unspecified atom stereocenters. The first-order valence-electron chi connectivity index (χ1n) is 7.37. The highest BCUT2D eigenvalue weighted by molar-refractivity contribution is 6.36. The van der Waals surface area contributed by atoms with Crippen molar-refractivity contribution in [3.8, 4) is 11.8 Å². The number of benzene rings is 2. The first-order chi connectivity index (χ1) is 12.6. The molecule has 0 radical (unpaired) electrons. The van der Waals surface area contributed by atoms with Gasteiger partial charge in [0.15, 0.2) is 0 Å². The third-order valence-electron chi connectivity index (χ3n) is 3.43. The fourth-order valence-corrected chi connectivity index (χ4v) is 3.00. The quantitative estimate of drug-likeness (QED) is 0.708. The van der Waals surface area contributed by atoms with E-state index in [1.54, 1.807) is 0 Å². The van der Waals surface area contributed by atoms with Crippen LogP contribution in [0.25, 0.3) is 0 Å². The van der Waals surface area contributed by atoms with Gasteiger partial charge in [-0.3, -0.25) is 0 Å². The number of rotatable bonds is 4. The minimum atomic E-state index is -4.81. The van der Waals surface area contributed by atoms with Crippen LogP contribution < -0.4 is 15.4 Å². The van der Waals surface area contributed by atoms with Crippen molar-refractivity contribution in [1.29, 1.82) is 5.26 Å². The molecule has 0 fully saturated rings. The number of nitriles is 1. The second-order valence-electron chi connectivity index (χ2n) is 5.24. The van der Waals surface area contributed by atoms with Crippen LogP contribution in [0.2, 0.25) is 10.0 Å². The lowest BCUT2D eigenvalue weighted by Crippen LogP contribution is -2.24. The molecule has 0 aromatic heterocycles. The maximum atomic E-state index is 12.2. The molecule has 0 saturated heterocycles. The van der Waals surface area contributed by atoms with E-state index < -0.39 is 24.1 Å². The summed E-state index contributed by atoms with van der Waals surface area (Å²) in [6.45, 7) is 0. The Labute approximate surface area is 162 Å². The van der Waals surface area contributed by atoms with Crippen molar-refractivity contribution in [2.75, 3.05) is 12.4 Å². The van der Waals surface area contributed by atoms with Gasteiger partial charge in [0, 0.05) is 28.3 Å². The van der Waals surface area contributed by atoms with Crippen LogP contribution in [0.4, 0.5) is 23.7 Å². The van der Waals surface area contributed by atoms with Gasteiger partial charge in [-0.15, -0.1) is 13.2 Å². The number of nitrogens with zero attached hydrogens (tertiary/aromatic N) is 1. The van der Waals surface area contributed by atoms with E-state index in [0.29, 0.717) is 11.3 Å². The molecule has 1 atom stereocenters. The second-order valence-corrected chi connectivity index (χ2v) is 6.05. The summed E-state index contributed by atoms with van der Waals surface area (Å²) in [5.41, 5.74) is 0.967. The van der Waals surface area contributed by atoms with Gasteiger partial charge >= 0.3 is 12.4 Å². The highest BCUT2D eigenvalue weighted by atomic mass is 35.5. The highest BCUT2D eigenvalue weighted by Gasteiger charge is 2.31. The van der Waals surface area contributed by atoms with Crippen LogP contribution in [0.5, 0.6) is 5.75 Å². The van der Waals surface area contributed by atoms with Crippen LogP contribution in [-0.2, 0) is 0 Å². The number of hydrogen-bond donors (Lipinski definition) is 2. The van der Waals surface area contributed by atoms with E-state index in [4.69, 9.17) is 23.2 Å². The Morgan fingerprint density at radius 2 is 1.74 bits per heavy atom. The molecular weight excluding hydrogens is 406 g/mol. The third-order valence-corrected chi connectivity index (χ3v) is 4.05. The van der Waals surface area contributed by atoms with Crippen molar-refractivity contribution >= 4 is 34.9 Å². The molecule has 2 N–H and O–H groups in total. The van der Waals surface area contributed by atoms with Crippen molar-refractivity contribution in [1.82, 2.24) is 5.32 Å². The summed E-state index contributed by atoms with van der Waals surface area (Å²) in [4.78, 5) is 11.4. The minimum absolute atomic E-state index is 0.121. The molecule has 142 valence electrons. The number of anilines is 1. The summed E-state index contributed by atoms with van der Waals surface area (Å²) in [5.74, 6) is -1.34. The van der Waals surface area contributed by atoms with Crippen LogP contribution in [0.15, 0.2) is 36.4 Å². The van der Waals surface area contributed by atoms with Gasteiger partial charge in [0.2, 0.25) is 0 Å². The number of nitrogens with one attached hydrogen (secondary N) is 2. The van der Waals surface area contributed by atoms with Crippen LogP contribution in [-0.4, -0.2) is 19.4 Å². The van der Waals surface area contributed by atoms with Crippen LogP contribution in [0, 0.1) is 11.3 Å². The Morgan fingerprint density at radius 3 is 2.19 bits per heavy atom. The standard InChI is InChI=1S/C17H12Cl2F3N3O2/c1-24-16(26)25-10-6-13(18)15(14(19)7-10)12(8-23)9-2-4-11(5-3-9)27-17(20,21)22/h2-7,12H,1H3,(H2,24,25,26). The number of urea groups is 1. The Balaban J connectivity index is 2.35. The van der Waals surface area contributed by atoms with E-state index >= 15 is 0 Å². The minimum Gasteiger partial charge on any atom is -0.406 e. The summed E-state index contributed by atoms with van der Waals surface area (Å²) in [7, 11) is 1.44. The molecule has 5 nitrogen and oxygen atoms in total. The first-order valence-corrected chi connectivity index (χ1v) is 8.13. The van der Waals surface area contributed by atoms with Crippen molar-refractivity contribution in [3.63, 3.8) is 0 Å². The normalized spacial score (nSPS) is 12.0. The van der Waals surface area contributed by atoms with Crippen LogP contribution in [0.3, 0.4) is 0 Å². The molecule has 0 heterocycles. The lowest BCUT2D eigenvalue weighted by Gasteiger charge is -2.16. The van der Waals surface area contributed by atoms with Gasteiger partial charge in [-0.05, 0) is 29.8 Å². The SMILES string of the molecule is CNC(=O)Nc1cc(Cl)c(C(C#N)c2ccc(OC(F)(F)F)cc2)c(Cl)c1. The van der Waals surface area contributed by atoms with Gasteiger partial charge in [0.1, 0.15) is 5.75 Å². The number of carbonyl (C=O) groups is 1. The monoisotopic (exact) mass is 417 g/mol. The number of amides is 2. The summed E-state index contributed by atoms with van der Waals surface area (Å²) in [5, 5.41) is 14.6. The lowest BCUT2D eigenvalue weighted by atomic mass is 9.92. The molecule has 0 spiro atoms. The molecule has 0 aliphatic carbocycles. The lowest BCUT2D eigenvalue weighted by molar-refractivity contribution is -0.274. The van der Waals surface area contributed by atoms with E-state index in [0.717, 1.165) is 12.1 Å². The van der Waals surface area contributed by atoms with Crippen LogP contribution >= 0.6 is 23.2 Å². The van der Waals surface area contributed by atoms with Gasteiger partial charge < -0.3 is 15.4 Å². The van der Waals surface area contributed by atoms with Crippen molar-refractivity contribution in [2.24, 2.45) is 0 Å². The Hall–Kier alpha value is -2.63. The van der Waals surface area contributed by atoms with E-state index in [2.05, 4.69) is 15.4 Å². The topological polar surface area (TPSA) is 74.2 Å². The molecule has 0 bridgehead atoms. The maximum Gasteiger partial charge on any atom is 0.573 e. The maximum absolute atomic E-state index is 12.2. The molecule has 2 aromatic rings. The average molecular weight is 418 g/mol. The van der Waals surface area contributed by atoms with Crippen molar-refractivity contribution in [3.05, 3.63) is 57.6 Å². The molecule has 10 heteroatoms. The van der Waals surface area contributed by atoms with Gasteiger partial charge in [0.05, 0.1) is 12.0 Å². The van der Waals surface area contributed by atoms with Crippen molar-refractivity contribution < 1.29 is 22.7 Å². The molecule has 0 saturated carbocycles. The van der Waals surface area contributed by atoms with Gasteiger partial charge in [-0.1, -0.05) is 35.3 Å². The molecule has 2 rings (SSSR count). The number of carbonyl (C=O) groups excluding carboxylic acids is 1. The molecular formula is C17H12Cl2F3N3O2. The molecule has 27 heavy (non-hydrogen) atoms. The Kier molecular flexibility index (Phi) is 6.41. The average Bonchev–Trinajstić information content (AvgIpc) is 2.57. The number of halogens is 5. The van der Waals surface area contributed by atoms with Gasteiger partial charge in [-0.2, -0.15) is 5.26 Å². The summed E-state index contributed by atoms with van der Waals surface area (Å²) in [6, 6.07) is 9.21. The molecule has 0 aliphatic rings. The van der Waals surface area contributed by atoms with E-state index in [1.165, 1.54) is 31.3 Å².